The van der Waals surface area contributed by atoms with Crippen molar-refractivity contribution in [3.63, 3.8) is 0 Å². The van der Waals surface area contributed by atoms with Gasteiger partial charge in [-0.2, -0.15) is 4.73 Å². The Balaban J connectivity index is 1.99. The largest absolute Gasteiger partial charge is 0.619 e. The van der Waals surface area contributed by atoms with Gasteiger partial charge in [-0.3, -0.25) is 0 Å². The lowest BCUT2D eigenvalue weighted by Gasteiger charge is -2.26. The molecule has 1 aliphatic rings. The van der Waals surface area contributed by atoms with E-state index in [1.807, 2.05) is 6.07 Å². The van der Waals surface area contributed by atoms with Crippen molar-refractivity contribution in [2.45, 2.75) is 38.5 Å². The fourth-order valence-electron chi connectivity index (χ4n) is 2.72. The van der Waals surface area contributed by atoms with E-state index in [1.165, 1.54) is 36.9 Å². The monoisotopic (exact) mass is 248 g/mol. The maximum absolute atomic E-state index is 11.2. The summed E-state index contributed by atoms with van der Waals surface area (Å²) in [5.41, 5.74) is 0.967. The van der Waals surface area contributed by atoms with Crippen LogP contribution in [0.25, 0.3) is 10.2 Å². The van der Waals surface area contributed by atoms with Gasteiger partial charge < -0.3 is 5.21 Å². The topological polar surface area (TPSA) is 39.8 Å². The number of pyridine rings is 1. The maximum atomic E-state index is 11.2. The van der Waals surface area contributed by atoms with Gasteiger partial charge in [0.15, 0.2) is 12.4 Å². The summed E-state index contributed by atoms with van der Waals surface area (Å²) in [5, 5.41) is 12.4. The van der Waals surface area contributed by atoms with Crippen LogP contribution >= 0.6 is 11.3 Å². The van der Waals surface area contributed by atoms with Crippen LogP contribution in [0.4, 0.5) is 0 Å². The van der Waals surface area contributed by atoms with Crippen LogP contribution in [-0.4, -0.2) is 4.98 Å². The molecular formula is C13H16N2OS. The van der Waals surface area contributed by atoms with Crippen molar-refractivity contribution in [2.75, 3.05) is 0 Å². The minimum Gasteiger partial charge on any atom is -0.619 e. The van der Waals surface area contributed by atoms with Crippen molar-refractivity contribution in [1.82, 2.24) is 4.98 Å². The third kappa shape index (κ3) is 2.02. The summed E-state index contributed by atoms with van der Waals surface area (Å²) in [7, 11) is 0. The van der Waals surface area contributed by atoms with Crippen LogP contribution in [0, 0.1) is 11.1 Å². The molecule has 0 amide bonds. The van der Waals surface area contributed by atoms with E-state index in [1.54, 1.807) is 17.5 Å². The molecule has 0 unspecified atom stereocenters. The van der Waals surface area contributed by atoms with Gasteiger partial charge in [0.1, 0.15) is 4.70 Å². The lowest BCUT2D eigenvalue weighted by atomic mass is 9.81. The van der Waals surface area contributed by atoms with E-state index in [4.69, 9.17) is 4.98 Å². The van der Waals surface area contributed by atoms with E-state index < -0.39 is 0 Å². The highest BCUT2D eigenvalue weighted by atomic mass is 32.1. The van der Waals surface area contributed by atoms with Crippen LogP contribution in [0.1, 0.15) is 43.5 Å². The van der Waals surface area contributed by atoms with Crippen LogP contribution < -0.4 is 4.73 Å². The second-order valence-corrected chi connectivity index (χ2v) is 6.04. The fourth-order valence-corrected chi connectivity index (χ4v) is 3.96. The molecule has 0 N–H and O–H groups in total. The summed E-state index contributed by atoms with van der Waals surface area (Å²) in [4.78, 5) is 4.69. The molecule has 2 aromatic heterocycles. The smallest absolute Gasteiger partial charge is 0.199 e. The van der Waals surface area contributed by atoms with Gasteiger partial charge in [-0.1, -0.05) is 26.2 Å². The van der Waals surface area contributed by atoms with Gasteiger partial charge in [0.05, 0.1) is 10.5 Å². The standard InChI is InChI=1S/C13H16N2OS/c1-9-4-2-3-5-10(9)13-14-11-6-7-15(16)8-12(11)17-13/h6-10H,2-5H2,1H3/t9-,10-/m1/s1. The van der Waals surface area contributed by atoms with Gasteiger partial charge in [-0.05, 0) is 12.3 Å². The van der Waals surface area contributed by atoms with Crippen molar-refractivity contribution < 1.29 is 4.73 Å². The maximum Gasteiger partial charge on any atom is 0.199 e. The molecule has 2 atom stereocenters. The zero-order chi connectivity index (χ0) is 11.8. The highest BCUT2D eigenvalue weighted by Crippen LogP contribution is 2.40. The second-order valence-electron chi connectivity index (χ2n) is 4.97. The molecule has 1 aliphatic carbocycles. The normalized spacial score (nSPS) is 25.2. The highest BCUT2D eigenvalue weighted by Gasteiger charge is 2.25. The van der Waals surface area contributed by atoms with Gasteiger partial charge in [0.25, 0.3) is 0 Å². The predicted molar refractivity (Wildman–Crippen MR) is 69.0 cm³/mol. The molecule has 0 saturated heterocycles. The SMILES string of the molecule is C[C@@H]1CCCC[C@H]1c1nc2cc[n+]([O-])cc2s1. The Hall–Kier alpha value is -1.16. The van der Waals surface area contributed by atoms with E-state index >= 15 is 0 Å². The van der Waals surface area contributed by atoms with Gasteiger partial charge in [0.2, 0.25) is 0 Å². The molecule has 0 aliphatic heterocycles. The fraction of sp³-hybridized carbons (Fsp3) is 0.538. The number of hydrogen-bond donors (Lipinski definition) is 0. The number of rotatable bonds is 1. The first-order chi connectivity index (χ1) is 8.24. The number of thiazole rings is 1. The number of aromatic nitrogens is 2. The molecule has 3 rings (SSSR count). The first-order valence-corrected chi connectivity index (χ1v) is 7.05. The molecule has 1 fully saturated rings. The summed E-state index contributed by atoms with van der Waals surface area (Å²) < 4.78 is 1.87. The zero-order valence-corrected chi connectivity index (χ0v) is 10.7. The molecule has 90 valence electrons. The molecule has 1 saturated carbocycles. The average molecular weight is 248 g/mol. The molecule has 3 nitrogen and oxygen atoms in total. The Morgan fingerprint density at radius 3 is 3.06 bits per heavy atom. The van der Waals surface area contributed by atoms with E-state index in [0.29, 0.717) is 5.92 Å². The number of hydrogen-bond acceptors (Lipinski definition) is 3. The van der Waals surface area contributed by atoms with Crippen LogP contribution in [-0.2, 0) is 0 Å². The average Bonchev–Trinajstić information content (AvgIpc) is 2.72. The Labute approximate surface area is 105 Å². The second kappa shape index (κ2) is 4.26. The Kier molecular flexibility index (Phi) is 2.74. The Morgan fingerprint density at radius 1 is 1.41 bits per heavy atom. The van der Waals surface area contributed by atoms with Crippen molar-refractivity contribution in [3.05, 3.63) is 28.7 Å². The van der Waals surface area contributed by atoms with E-state index in [2.05, 4.69) is 6.92 Å². The van der Waals surface area contributed by atoms with Gasteiger partial charge >= 0.3 is 0 Å². The molecule has 2 aromatic rings. The summed E-state index contributed by atoms with van der Waals surface area (Å²) in [6.45, 7) is 2.32. The molecule has 0 bridgehead atoms. The molecule has 0 radical (unpaired) electrons. The third-order valence-electron chi connectivity index (χ3n) is 3.75. The van der Waals surface area contributed by atoms with E-state index in [-0.39, 0.29) is 0 Å². The minimum absolute atomic E-state index is 0.598. The highest BCUT2D eigenvalue weighted by molar-refractivity contribution is 7.18. The quantitative estimate of drug-likeness (QED) is 0.574. The number of nitrogens with zero attached hydrogens (tertiary/aromatic N) is 2. The summed E-state index contributed by atoms with van der Waals surface area (Å²) in [6, 6.07) is 1.82. The Bertz CT molecular complexity index is 537. The molecule has 0 aromatic carbocycles. The molecule has 17 heavy (non-hydrogen) atoms. The summed E-state index contributed by atoms with van der Waals surface area (Å²) in [5.74, 6) is 1.32. The molecule has 0 spiro atoms. The van der Waals surface area contributed by atoms with Crippen molar-refractivity contribution in [3.8, 4) is 0 Å². The van der Waals surface area contributed by atoms with Crippen LogP contribution in [0.2, 0.25) is 0 Å². The minimum atomic E-state index is 0.598. The van der Waals surface area contributed by atoms with Crippen molar-refractivity contribution in [1.29, 1.82) is 0 Å². The van der Waals surface area contributed by atoms with Crippen molar-refractivity contribution >= 4 is 21.6 Å². The van der Waals surface area contributed by atoms with Crippen LogP contribution in [0.15, 0.2) is 18.5 Å². The molecular weight excluding hydrogens is 232 g/mol. The van der Waals surface area contributed by atoms with Gasteiger partial charge in [0, 0.05) is 12.0 Å². The van der Waals surface area contributed by atoms with Crippen LogP contribution in [0.5, 0.6) is 0 Å². The first kappa shape index (κ1) is 11.0. The van der Waals surface area contributed by atoms with E-state index in [0.717, 1.165) is 20.9 Å². The lowest BCUT2D eigenvalue weighted by molar-refractivity contribution is -0.603. The number of fused-ring (bicyclic) bond motifs is 1. The van der Waals surface area contributed by atoms with Crippen molar-refractivity contribution in [2.24, 2.45) is 5.92 Å². The van der Waals surface area contributed by atoms with Crippen LogP contribution in [0.3, 0.4) is 0 Å². The Morgan fingerprint density at radius 2 is 2.24 bits per heavy atom. The van der Waals surface area contributed by atoms with Gasteiger partial charge in [-0.15, -0.1) is 11.3 Å². The predicted octanol–water partition coefficient (Wildman–Crippen LogP) is 3.22. The summed E-state index contributed by atoms with van der Waals surface area (Å²) >= 11 is 1.69. The third-order valence-corrected chi connectivity index (χ3v) is 4.89. The molecule has 2 heterocycles. The van der Waals surface area contributed by atoms with E-state index in [9.17, 15) is 5.21 Å². The zero-order valence-electron chi connectivity index (χ0n) is 9.93. The summed E-state index contributed by atoms with van der Waals surface area (Å²) in [6.07, 6.45) is 8.37. The lowest BCUT2D eigenvalue weighted by Crippen LogP contribution is -2.23. The van der Waals surface area contributed by atoms with Gasteiger partial charge in [-0.25, -0.2) is 4.98 Å². The molecule has 4 heteroatoms. The first-order valence-electron chi connectivity index (χ1n) is 6.23.